The number of aliphatic hydroxyl groups excluding tert-OH is 1. The Kier molecular flexibility index (Phi) is 5.33. The number of nitrogens with one attached hydrogen (secondary N) is 1. The summed E-state index contributed by atoms with van der Waals surface area (Å²) in [6.45, 7) is 2.42. The molecule has 0 spiro atoms. The van der Waals surface area contributed by atoms with Crippen molar-refractivity contribution in [3.63, 3.8) is 0 Å². The van der Waals surface area contributed by atoms with Crippen LogP contribution in [0.15, 0.2) is 0 Å². The van der Waals surface area contributed by atoms with Crippen molar-refractivity contribution in [2.45, 2.75) is 43.9 Å². The number of nitrogens with two attached hydrogens (primary N) is 1. The van der Waals surface area contributed by atoms with Crippen LogP contribution in [-0.4, -0.2) is 66.3 Å². The predicted octanol–water partition coefficient (Wildman–Crippen LogP) is -1.41. The van der Waals surface area contributed by atoms with Gasteiger partial charge in [-0.25, -0.2) is 0 Å². The summed E-state index contributed by atoms with van der Waals surface area (Å²) in [5.41, 5.74) is 5.25. The van der Waals surface area contributed by atoms with Crippen LogP contribution < -0.4 is 11.1 Å². The van der Waals surface area contributed by atoms with Gasteiger partial charge in [-0.3, -0.25) is 9.59 Å². The van der Waals surface area contributed by atoms with E-state index >= 15 is 0 Å². The summed E-state index contributed by atoms with van der Waals surface area (Å²) in [5.74, 6) is -0.742. The molecule has 2 atom stereocenters. The lowest BCUT2D eigenvalue weighted by atomic mass is 10.1. The Morgan fingerprint density at radius 3 is 2.70 bits per heavy atom. The Balaban J connectivity index is 1.74. The molecule has 0 aromatic carbocycles. The largest absolute Gasteiger partial charge is 0.391 e. The Labute approximate surface area is 118 Å². The summed E-state index contributed by atoms with van der Waals surface area (Å²) in [7, 11) is 0. The van der Waals surface area contributed by atoms with Crippen LogP contribution in [-0.2, 0) is 14.3 Å². The first-order chi connectivity index (χ1) is 9.58. The minimum atomic E-state index is -0.684. The molecule has 2 unspecified atom stereocenters. The molecule has 0 bridgehead atoms. The van der Waals surface area contributed by atoms with Gasteiger partial charge in [0, 0.05) is 13.0 Å². The van der Waals surface area contributed by atoms with Crippen LogP contribution in [0.25, 0.3) is 0 Å². The average Bonchev–Trinajstić information content (AvgIpc) is 2.82. The molecule has 2 aliphatic rings. The lowest BCUT2D eigenvalue weighted by Gasteiger charge is -2.24. The van der Waals surface area contributed by atoms with Crippen LogP contribution in [0.3, 0.4) is 0 Å². The summed E-state index contributed by atoms with van der Waals surface area (Å²) in [6.07, 6.45) is 1.92. The summed E-state index contributed by atoms with van der Waals surface area (Å²) < 4.78 is 5.67. The van der Waals surface area contributed by atoms with E-state index in [-0.39, 0.29) is 31.4 Å². The van der Waals surface area contributed by atoms with Crippen molar-refractivity contribution in [1.29, 1.82) is 0 Å². The van der Waals surface area contributed by atoms with Gasteiger partial charge in [-0.1, -0.05) is 0 Å². The molecule has 2 fully saturated rings. The minimum Gasteiger partial charge on any atom is -0.391 e. The Bertz CT molecular complexity index is 358. The maximum absolute atomic E-state index is 12.1. The summed E-state index contributed by atoms with van der Waals surface area (Å²) in [4.78, 5) is 24.7. The number of β-amino-alcohol motifs (C(OH)–C–C–N with tert-alkyl or cyclic N) is 1. The third-order valence-corrected chi connectivity index (χ3v) is 3.88. The number of piperidine rings is 1. The van der Waals surface area contributed by atoms with Crippen molar-refractivity contribution in [2.24, 2.45) is 5.73 Å². The highest BCUT2D eigenvalue weighted by molar-refractivity contribution is 5.87. The lowest BCUT2D eigenvalue weighted by molar-refractivity contribution is -0.138. The zero-order valence-electron chi connectivity index (χ0n) is 11.6. The number of amides is 2. The zero-order chi connectivity index (χ0) is 14.5. The second-order valence-electron chi connectivity index (χ2n) is 5.42. The van der Waals surface area contributed by atoms with Gasteiger partial charge < -0.3 is 25.8 Å². The quantitative estimate of drug-likeness (QED) is 0.576. The maximum Gasteiger partial charge on any atom is 0.240 e. The molecule has 20 heavy (non-hydrogen) atoms. The molecule has 0 radical (unpaired) electrons. The number of likely N-dealkylation sites (tertiary alicyclic amines) is 1. The number of hydrogen-bond donors (Lipinski definition) is 3. The van der Waals surface area contributed by atoms with Gasteiger partial charge in [-0.05, 0) is 25.9 Å². The number of nitrogens with zero attached hydrogens (tertiary/aromatic N) is 1. The van der Waals surface area contributed by atoms with E-state index in [1.54, 1.807) is 0 Å². The first kappa shape index (κ1) is 15.2. The number of ether oxygens (including phenoxy) is 1. The molecule has 2 amide bonds. The van der Waals surface area contributed by atoms with E-state index < -0.39 is 18.1 Å². The van der Waals surface area contributed by atoms with Gasteiger partial charge in [0.05, 0.1) is 25.2 Å². The van der Waals surface area contributed by atoms with E-state index in [0.29, 0.717) is 6.61 Å². The van der Waals surface area contributed by atoms with Crippen LogP contribution in [0.2, 0.25) is 0 Å². The summed E-state index contributed by atoms with van der Waals surface area (Å²) >= 11 is 0. The first-order valence-corrected chi connectivity index (χ1v) is 7.17. The zero-order valence-corrected chi connectivity index (χ0v) is 11.6. The van der Waals surface area contributed by atoms with E-state index in [4.69, 9.17) is 10.5 Å². The molecule has 0 saturated carbocycles. The molecule has 0 aromatic heterocycles. The van der Waals surface area contributed by atoms with Gasteiger partial charge in [0.1, 0.15) is 6.04 Å². The molecule has 2 heterocycles. The van der Waals surface area contributed by atoms with E-state index in [1.165, 1.54) is 4.90 Å². The summed E-state index contributed by atoms with van der Waals surface area (Å²) in [6, 6.07) is -0.684. The van der Waals surface area contributed by atoms with Crippen LogP contribution in [0, 0.1) is 0 Å². The fraction of sp³-hybridized carbons (Fsp3) is 0.846. The van der Waals surface area contributed by atoms with E-state index in [2.05, 4.69) is 5.32 Å². The van der Waals surface area contributed by atoms with Gasteiger partial charge in [-0.2, -0.15) is 0 Å². The Morgan fingerprint density at radius 2 is 2.05 bits per heavy atom. The second kappa shape index (κ2) is 7.01. The van der Waals surface area contributed by atoms with Gasteiger partial charge in [0.2, 0.25) is 11.8 Å². The second-order valence-corrected chi connectivity index (χ2v) is 5.42. The maximum atomic E-state index is 12.1. The molecular weight excluding hydrogens is 262 g/mol. The predicted molar refractivity (Wildman–Crippen MR) is 71.8 cm³/mol. The molecule has 2 aliphatic heterocycles. The molecular formula is C13H23N3O4. The third kappa shape index (κ3) is 3.91. The van der Waals surface area contributed by atoms with Crippen molar-refractivity contribution in [3.05, 3.63) is 0 Å². The number of carbonyl (C=O) groups excluding carboxylic acids is 2. The van der Waals surface area contributed by atoms with E-state index in [1.807, 2.05) is 0 Å². The van der Waals surface area contributed by atoms with Crippen LogP contribution >= 0.6 is 0 Å². The molecule has 4 N–H and O–H groups in total. The molecule has 0 aliphatic carbocycles. The third-order valence-electron chi connectivity index (χ3n) is 3.88. The lowest BCUT2D eigenvalue weighted by Crippen LogP contribution is -2.44. The van der Waals surface area contributed by atoms with Gasteiger partial charge in [-0.15, -0.1) is 0 Å². The number of aliphatic hydroxyl groups is 1. The smallest absolute Gasteiger partial charge is 0.240 e. The van der Waals surface area contributed by atoms with Gasteiger partial charge in [0.15, 0.2) is 0 Å². The van der Waals surface area contributed by atoms with Crippen molar-refractivity contribution in [2.75, 3.05) is 26.2 Å². The van der Waals surface area contributed by atoms with Crippen LogP contribution in [0.5, 0.6) is 0 Å². The number of rotatable bonds is 5. The Morgan fingerprint density at radius 1 is 1.35 bits per heavy atom. The molecule has 2 rings (SSSR count). The highest BCUT2D eigenvalue weighted by atomic mass is 16.5. The standard InChI is InChI=1S/C13H23N3O4/c14-13(19)11-7-9(17)8-16(11)12(18)3-6-20-10-1-4-15-5-2-10/h9-11,15,17H,1-8H2,(H2,14,19). The molecule has 2 saturated heterocycles. The monoisotopic (exact) mass is 285 g/mol. The minimum absolute atomic E-state index is 0.180. The normalized spacial score (nSPS) is 27.8. The molecule has 7 heteroatoms. The molecule has 114 valence electrons. The van der Waals surface area contributed by atoms with E-state index in [9.17, 15) is 14.7 Å². The highest BCUT2D eigenvalue weighted by Crippen LogP contribution is 2.19. The van der Waals surface area contributed by atoms with Crippen molar-refractivity contribution < 1.29 is 19.4 Å². The van der Waals surface area contributed by atoms with Gasteiger partial charge in [0.25, 0.3) is 0 Å². The number of primary amides is 1. The van der Waals surface area contributed by atoms with Crippen LogP contribution in [0.4, 0.5) is 0 Å². The van der Waals surface area contributed by atoms with E-state index in [0.717, 1.165) is 25.9 Å². The SMILES string of the molecule is NC(=O)C1CC(O)CN1C(=O)CCOC1CCNCC1. The molecule has 0 aromatic rings. The highest BCUT2D eigenvalue weighted by Gasteiger charge is 2.37. The Hall–Kier alpha value is -1.18. The fourth-order valence-corrected chi connectivity index (χ4v) is 2.78. The number of hydrogen-bond acceptors (Lipinski definition) is 5. The molecule has 7 nitrogen and oxygen atoms in total. The van der Waals surface area contributed by atoms with Crippen molar-refractivity contribution in [1.82, 2.24) is 10.2 Å². The summed E-state index contributed by atoms with van der Waals surface area (Å²) in [5, 5.41) is 12.8. The van der Waals surface area contributed by atoms with Crippen molar-refractivity contribution in [3.8, 4) is 0 Å². The van der Waals surface area contributed by atoms with Crippen molar-refractivity contribution >= 4 is 11.8 Å². The first-order valence-electron chi connectivity index (χ1n) is 7.17. The topological polar surface area (TPSA) is 105 Å². The van der Waals surface area contributed by atoms with Gasteiger partial charge >= 0.3 is 0 Å². The van der Waals surface area contributed by atoms with Crippen LogP contribution in [0.1, 0.15) is 25.7 Å². The number of carbonyl (C=O) groups is 2. The fourth-order valence-electron chi connectivity index (χ4n) is 2.78. The average molecular weight is 285 g/mol.